The van der Waals surface area contributed by atoms with E-state index in [1.165, 1.54) is 0 Å². The summed E-state index contributed by atoms with van der Waals surface area (Å²) in [4.78, 5) is 21.7. The van der Waals surface area contributed by atoms with Gasteiger partial charge in [0.1, 0.15) is 11.3 Å². The fourth-order valence-corrected chi connectivity index (χ4v) is 4.70. The van der Waals surface area contributed by atoms with Crippen LogP contribution in [0.25, 0.3) is 10.2 Å². The number of methoxy groups -OCH3 is 1. The van der Waals surface area contributed by atoms with Crippen molar-refractivity contribution in [1.29, 1.82) is 0 Å². The van der Waals surface area contributed by atoms with Crippen molar-refractivity contribution < 1.29 is 9.53 Å². The summed E-state index contributed by atoms with van der Waals surface area (Å²) in [6, 6.07) is 13.1. The van der Waals surface area contributed by atoms with E-state index in [1.807, 2.05) is 24.3 Å². The highest BCUT2D eigenvalue weighted by Gasteiger charge is 2.20. The number of rotatable bonds is 6. The molecule has 0 unspecified atom stereocenters. The van der Waals surface area contributed by atoms with Crippen molar-refractivity contribution in [3.63, 3.8) is 0 Å². The maximum absolute atomic E-state index is 12.2. The maximum Gasteiger partial charge on any atom is 0.252 e. The largest absolute Gasteiger partial charge is 0.494 e. The van der Waals surface area contributed by atoms with Gasteiger partial charge in [0, 0.05) is 39.3 Å². The number of benzene rings is 2. The highest BCUT2D eigenvalue weighted by Crippen LogP contribution is 2.34. The lowest BCUT2D eigenvalue weighted by Crippen LogP contribution is -2.48. The van der Waals surface area contributed by atoms with Gasteiger partial charge in [0.15, 0.2) is 5.13 Å². The first-order chi connectivity index (χ1) is 14.2. The van der Waals surface area contributed by atoms with Gasteiger partial charge in [-0.15, -0.1) is 0 Å². The fourth-order valence-electron chi connectivity index (χ4n) is 3.44. The molecule has 152 valence electrons. The highest BCUT2D eigenvalue weighted by molar-refractivity contribution is 7.22. The molecule has 0 aliphatic carbocycles. The van der Waals surface area contributed by atoms with Crippen molar-refractivity contribution in [3.8, 4) is 5.75 Å². The minimum absolute atomic E-state index is 0.127. The lowest BCUT2D eigenvalue weighted by molar-refractivity contribution is 0.0948. The van der Waals surface area contributed by atoms with E-state index in [-0.39, 0.29) is 5.91 Å². The van der Waals surface area contributed by atoms with Gasteiger partial charge in [-0.3, -0.25) is 9.69 Å². The van der Waals surface area contributed by atoms with Crippen LogP contribution in [0, 0.1) is 0 Å². The third-order valence-electron chi connectivity index (χ3n) is 5.07. The standard InChI is InChI=1S/C21H23ClN4O2S/c1-28-17-7-4-8-18-19(17)24-21(29-18)26-13-11-25(12-14-26)10-9-23-20(27)15-5-2-3-6-16(15)22/h2-8H,9-14H2,1H3,(H,23,27). The summed E-state index contributed by atoms with van der Waals surface area (Å²) in [6.07, 6.45) is 0. The molecule has 3 aromatic rings. The van der Waals surface area contributed by atoms with E-state index in [1.54, 1.807) is 30.6 Å². The molecule has 1 saturated heterocycles. The Bertz CT molecular complexity index is 1000. The molecule has 1 amide bonds. The quantitative estimate of drug-likeness (QED) is 0.648. The lowest BCUT2D eigenvalue weighted by atomic mass is 10.2. The summed E-state index contributed by atoms with van der Waals surface area (Å²) in [7, 11) is 1.68. The zero-order chi connectivity index (χ0) is 20.2. The first kappa shape index (κ1) is 19.9. The predicted octanol–water partition coefficient (Wildman–Crippen LogP) is 3.51. The van der Waals surface area contributed by atoms with Gasteiger partial charge >= 0.3 is 0 Å². The summed E-state index contributed by atoms with van der Waals surface area (Å²) in [5.41, 5.74) is 1.45. The molecule has 0 atom stereocenters. The number of nitrogens with one attached hydrogen (secondary N) is 1. The van der Waals surface area contributed by atoms with Crippen molar-refractivity contribution in [3.05, 3.63) is 53.1 Å². The molecule has 1 aliphatic rings. The van der Waals surface area contributed by atoms with Gasteiger partial charge in [-0.2, -0.15) is 0 Å². The van der Waals surface area contributed by atoms with E-state index in [9.17, 15) is 4.79 Å². The minimum atomic E-state index is -0.127. The maximum atomic E-state index is 12.2. The molecule has 1 fully saturated rings. The van der Waals surface area contributed by atoms with Crippen LogP contribution in [0.3, 0.4) is 0 Å². The average molecular weight is 431 g/mol. The first-order valence-electron chi connectivity index (χ1n) is 9.59. The van der Waals surface area contributed by atoms with E-state index in [2.05, 4.69) is 21.2 Å². The van der Waals surface area contributed by atoms with Crippen LogP contribution in [0.5, 0.6) is 5.75 Å². The Kier molecular flexibility index (Phi) is 6.18. The number of hydrogen-bond acceptors (Lipinski definition) is 6. The molecule has 0 bridgehead atoms. The highest BCUT2D eigenvalue weighted by atomic mass is 35.5. The van der Waals surface area contributed by atoms with Gasteiger partial charge in [-0.1, -0.05) is 41.1 Å². The first-order valence-corrected chi connectivity index (χ1v) is 10.8. The number of piperazine rings is 1. The smallest absolute Gasteiger partial charge is 0.252 e. The molecule has 1 N–H and O–H groups in total. The van der Waals surface area contributed by atoms with Crippen LogP contribution in [0.2, 0.25) is 5.02 Å². The van der Waals surface area contributed by atoms with Crippen molar-refractivity contribution in [2.75, 3.05) is 51.3 Å². The number of aromatic nitrogens is 1. The Balaban J connectivity index is 1.28. The van der Waals surface area contributed by atoms with E-state index in [0.29, 0.717) is 17.1 Å². The Hall–Kier alpha value is -2.35. The Morgan fingerprint density at radius 3 is 2.72 bits per heavy atom. The van der Waals surface area contributed by atoms with Gasteiger partial charge in [-0.05, 0) is 24.3 Å². The molecule has 0 saturated carbocycles. The topological polar surface area (TPSA) is 57.7 Å². The number of thiazole rings is 1. The fraction of sp³-hybridized carbons (Fsp3) is 0.333. The second kappa shape index (κ2) is 8.98. The number of nitrogens with zero attached hydrogens (tertiary/aromatic N) is 3. The Morgan fingerprint density at radius 1 is 1.17 bits per heavy atom. The molecule has 0 spiro atoms. The van der Waals surface area contributed by atoms with Crippen molar-refractivity contribution in [1.82, 2.24) is 15.2 Å². The molecule has 0 radical (unpaired) electrons. The normalized spacial score (nSPS) is 14.9. The summed E-state index contributed by atoms with van der Waals surface area (Å²) >= 11 is 7.78. The number of halogens is 1. The number of fused-ring (bicyclic) bond motifs is 1. The zero-order valence-corrected chi connectivity index (χ0v) is 17.8. The van der Waals surface area contributed by atoms with Gasteiger partial charge in [0.2, 0.25) is 0 Å². The summed E-state index contributed by atoms with van der Waals surface area (Å²) < 4.78 is 6.57. The number of carbonyl (C=O) groups excluding carboxylic acids is 1. The second-order valence-corrected chi connectivity index (χ2v) is 8.28. The molecular formula is C21H23ClN4O2S. The van der Waals surface area contributed by atoms with Crippen LogP contribution in [0.1, 0.15) is 10.4 Å². The number of ether oxygens (including phenoxy) is 1. The van der Waals surface area contributed by atoms with Gasteiger partial charge in [0.05, 0.1) is 22.4 Å². The number of amides is 1. The van der Waals surface area contributed by atoms with E-state index >= 15 is 0 Å². The molecule has 1 aliphatic heterocycles. The predicted molar refractivity (Wildman–Crippen MR) is 119 cm³/mol. The summed E-state index contributed by atoms with van der Waals surface area (Å²) in [5.74, 6) is 0.690. The Morgan fingerprint density at radius 2 is 1.97 bits per heavy atom. The molecule has 2 heterocycles. The number of anilines is 1. The number of hydrogen-bond donors (Lipinski definition) is 1. The molecule has 4 rings (SSSR count). The molecule has 2 aromatic carbocycles. The summed E-state index contributed by atoms with van der Waals surface area (Å²) in [6.45, 7) is 5.13. The number of carbonyl (C=O) groups is 1. The van der Waals surface area contributed by atoms with Crippen molar-refractivity contribution >= 4 is 44.2 Å². The van der Waals surface area contributed by atoms with E-state index < -0.39 is 0 Å². The molecule has 8 heteroatoms. The summed E-state index contributed by atoms with van der Waals surface area (Å²) in [5, 5.41) is 4.47. The third kappa shape index (κ3) is 4.47. The van der Waals surface area contributed by atoms with E-state index in [0.717, 1.165) is 53.8 Å². The molecule has 29 heavy (non-hydrogen) atoms. The van der Waals surface area contributed by atoms with Crippen LogP contribution < -0.4 is 15.0 Å². The third-order valence-corrected chi connectivity index (χ3v) is 6.48. The van der Waals surface area contributed by atoms with Crippen molar-refractivity contribution in [2.24, 2.45) is 0 Å². The van der Waals surface area contributed by atoms with Crippen molar-refractivity contribution in [2.45, 2.75) is 0 Å². The number of para-hydroxylation sites is 1. The Labute approximate surface area is 179 Å². The van der Waals surface area contributed by atoms with E-state index in [4.69, 9.17) is 21.3 Å². The molecule has 6 nitrogen and oxygen atoms in total. The average Bonchev–Trinajstić information content (AvgIpc) is 3.19. The van der Waals surface area contributed by atoms with Crippen LogP contribution in [-0.4, -0.2) is 62.2 Å². The zero-order valence-electron chi connectivity index (χ0n) is 16.2. The SMILES string of the molecule is COc1cccc2sc(N3CCN(CCNC(=O)c4ccccc4Cl)CC3)nc12. The molecule has 1 aromatic heterocycles. The van der Waals surface area contributed by atoms with Crippen LogP contribution in [0.15, 0.2) is 42.5 Å². The van der Waals surface area contributed by atoms with Crippen LogP contribution in [-0.2, 0) is 0 Å². The molecular weight excluding hydrogens is 408 g/mol. The monoisotopic (exact) mass is 430 g/mol. The van der Waals surface area contributed by atoms with Crippen LogP contribution >= 0.6 is 22.9 Å². The van der Waals surface area contributed by atoms with Gasteiger partial charge in [-0.25, -0.2) is 4.98 Å². The van der Waals surface area contributed by atoms with Crippen LogP contribution in [0.4, 0.5) is 5.13 Å². The lowest BCUT2D eigenvalue weighted by Gasteiger charge is -2.34. The van der Waals surface area contributed by atoms with Gasteiger partial charge < -0.3 is 15.0 Å². The minimum Gasteiger partial charge on any atom is -0.494 e. The van der Waals surface area contributed by atoms with Gasteiger partial charge in [0.25, 0.3) is 5.91 Å². The second-order valence-electron chi connectivity index (χ2n) is 6.87.